The highest BCUT2D eigenvalue weighted by atomic mass is 15.1. The van der Waals surface area contributed by atoms with Gasteiger partial charge in [0, 0.05) is 38.4 Å². The fourth-order valence-corrected chi connectivity index (χ4v) is 2.34. The number of para-hydroxylation sites is 1. The van der Waals surface area contributed by atoms with Crippen LogP contribution in [0.3, 0.4) is 0 Å². The van der Waals surface area contributed by atoms with E-state index in [1.165, 1.54) is 6.20 Å². The van der Waals surface area contributed by atoms with Gasteiger partial charge in [-0.3, -0.25) is 0 Å². The number of hydrogen-bond acceptors (Lipinski definition) is 6. The molecule has 0 radical (unpaired) electrons. The van der Waals surface area contributed by atoms with E-state index in [4.69, 9.17) is 5.26 Å². The minimum atomic E-state index is 0.290. The summed E-state index contributed by atoms with van der Waals surface area (Å²) in [4.78, 5) is 14.8. The zero-order valence-electron chi connectivity index (χ0n) is 13.0. The lowest BCUT2D eigenvalue weighted by Gasteiger charge is -2.15. The quantitative estimate of drug-likeness (QED) is 0.798. The standard InChI is InChI=1S/C17H16N6/c1-23(2)16-9-12(13-5-3-4-6-14(13)22-16)11-21-17-15(10-18)19-7-8-20-17/h3-9H,11H2,1-2H3,(H,20,21). The lowest BCUT2D eigenvalue weighted by molar-refractivity contribution is 1.05. The Bertz CT molecular complexity index is 882. The molecule has 0 spiro atoms. The van der Waals surface area contributed by atoms with Gasteiger partial charge in [-0.1, -0.05) is 18.2 Å². The van der Waals surface area contributed by atoms with E-state index in [1.54, 1.807) is 6.20 Å². The summed E-state index contributed by atoms with van der Waals surface area (Å²) in [6, 6.07) is 12.1. The minimum Gasteiger partial charge on any atom is -0.364 e. The molecule has 3 rings (SSSR count). The molecule has 0 fully saturated rings. The van der Waals surface area contributed by atoms with E-state index in [0.29, 0.717) is 18.1 Å². The van der Waals surface area contributed by atoms with Gasteiger partial charge in [0.1, 0.15) is 11.9 Å². The molecule has 0 aliphatic heterocycles. The number of anilines is 2. The molecule has 6 heteroatoms. The lowest BCUT2D eigenvalue weighted by Crippen LogP contribution is -2.12. The van der Waals surface area contributed by atoms with Gasteiger partial charge in [0.25, 0.3) is 0 Å². The summed E-state index contributed by atoms with van der Waals surface area (Å²) in [7, 11) is 3.93. The summed E-state index contributed by atoms with van der Waals surface area (Å²) in [6.07, 6.45) is 3.08. The minimum absolute atomic E-state index is 0.290. The Morgan fingerprint density at radius 2 is 1.96 bits per heavy atom. The molecule has 0 bridgehead atoms. The van der Waals surface area contributed by atoms with E-state index in [2.05, 4.69) is 20.3 Å². The first-order chi connectivity index (χ1) is 11.2. The molecular weight excluding hydrogens is 288 g/mol. The predicted octanol–water partition coefficient (Wildman–Crippen LogP) is 2.57. The number of nitrogens with zero attached hydrogens (tertiary/aromatic N) is 5. The van der Waals surface area contributed by atoms with Crippen molar-refractivity contribution in [1.82, 2.24) is 15.0 Å². The predicted molar refractivity (Wildman–Crippen MR) is 90.1 cm³/mol. The maximum Gasteiger partial charge on any atom is 0.182 e. The van der Waals surface area contributed by atoms with Crippen LogP contribution in [0.15, 0.2) is 42.7 Å². The Morgan fingerprint density at radius 1 is 1.17 bits per heavy atom. The normalized spacial score (nSPS) is 10.3. The fourth-order valence-electron chi connectivity index (χ4n) is 2.34. The van der Waals surface area contributed by atoms with E-state index < -0.39 is 0 Å². The number of fused-ring (bicyclic) bond motifs is 1. The third-order valence-electron chi connectivity index (χ3n) is 3.50. The first kappa shape index (κ1) is 14.7. The van der Waals surface area contributed by atoms with Crippen LogP contribution in [0.2, 0.25) is 0 Å². The Labute approximate surface area is 134 Å². The first-order valence-electron chi connectivity index (χ1n) is 7.20. The van der Waals surface area contributed by atoms with Crippen molar-refractivity contribution >= 4 is 22.5 Å². The molecule has 23 heavy (non-hydrogen) atoms. The topological polar surface area (TPSA) is 77.7 Å². The van der Waals surface area contributed by atoms with Crippen molar-refractivity contribution < 1.29 is 0 Å². The maximum atomic E-state index is 9.10. The average molecular weight is 304 g/mol. The third kappa shape index (κ3) is 3.04. The van der Waals surface area contributed by atoms with Crippen molar-refractivity contribution in [3.05, 3.63) is 54.0 Å². The van der Waals surface area contributed by atoms with Gasteiger partial charge < -0.3 is 10.2 Å². The van der Waals surface area contributed by atoms with E-state index in [9.17, 15) is 0 Å². The van der Waals surface area contributed by atoms with Crippen LogP contribution in [0.25, 0.3) is 10.9 Å². The maximum absolute atomic E-state index is 9.10. The van der Waals surface area contributed by atoms with Crippen LogP contribution >= 0.6 is 0 Å². The molecule has 0 atom stereocenters. The Hall–Kier alpha value is -3.20. The SMILES string of the molecule is CN(C)c1cc(CNc2nccnc2C#N)c2ccccc2n1. The Kier molecular flexibility index (Phi) is 4.02. The molecule has 6 nitrogen and oxygen atoms in total. The van der Waals surface area contributed by atoms with Crippen molar-refractivity contribution in [1.29, 1.82) is 5.26 Å². The summed E-state index contributed by atoms with van der Waals surface area (Å²) in [5.74, 6) is 1.38. The molecule has 3 aromatic rings. The molecule has 1 N–H and O–H groups in total. The highest BCUT2D eigenvalue weighted by Crippen LogP contribution is 2.23. The van der Waals surface area contributed by atoms with Crippen LogP contribution < -0.4 is 10.2 Å². The van der Waals surface area contributed by atoms with Gasteiger partial charge in [0.15, 0.2) is 11.5 Å². The second-order valence-electron chi connectivity index (χ2n) is 5.27. The molecule has 0 aliphatic rings. The van der Waals surface area contributed by atoms with Crippen LogP contribution in [-0.2, 0) is 6.54 Å². The number of benzene rings is 1. The number of nitriles is 1. The summed E-state index contributed by atoms with van der Waals surface area (Å²) in [5.41, 5.74) is 2.32. The van der Waals surface area contributed by atoms with Crippen molar-refractivity contribution in [3.8, 4) is 6.07 Å². The number of pyridine rings is 1. The molecule has 0 unspecified atom stereocenters. The number of nitrogens with one attached hydrogen (secondary N) is 1. The van der Waals surface area contributed by atoms with Crippen LogP contribution in [0.1, 0.15) is 11.3 Å². The van der Waals surface area contributed by atoms with Gasteiger partial charge >= 0.3 is 0 Å². The van der Waals surface area contributed by atoms with Crippen molar-refractivity contribution in [2.24, 2.45) is 0 Å². The molecule has 0 saturated heterocycles. The second kappa shape index (κ2) is 6.28. The molecular formula is C17H16N6. The summed E-state index contributed by atoms with van der Waals surface area (Å²) >= 11 is 0. The molecule has 2 heterocycles. The van der Waals surface area contributed by atoms with E-state index in [1.807, 2.05) is 55.4 Å². The van der Waals surface area contributed by atoms with Gasteiger partial charge in [-0.05, 0) is 17.7 Å². The van der Waals surface area contributed by atoms with Gasteiger partial charge in [0.05, 0.1) is 5.52 Å². The first-order valence-corrected chi connectivity index (χ1v) is 7.20. The smallest absolute Gasteiger partial charge is 0.182 e. The van der Waals surface area contributed by atoms with Crippen LogP contribution in [0.4, 0.5) is 11.6 Å². The highest BCUT2D eigenvalue weighted by Gasteiger charge is 2.09. The van der Waals surface area contributed by atoms with Gasteiger partial charge in [-0.2, -0.15) is 5.26 Å². The van der Waals surface area contributed by atoms with E-state index in [-0.39, 0.29) is 0 Å². The van der Waals surface area contributed by atoms with Gasteiger partial charge in [-0.15, -0.1) is 0 Å². The van der Waals surface area contributed by atoms with Crippen molar-refractivity contribution in [2.75, 3.05) is 24.3 Å². The summed E-state index contributed by atoms with van der Waals surface area (Å²) < 4.78 is 0. The zero-order chi connectivity index (χ0) is 16.2. The average Bonchev–Trinajstić information content (AvgIpc) is 2.59. The van der Waals surface area contributed by atoms with Crippen molar-refractivity contribution in [2.45, 2.75) is 6.54 Å². The zero-order valence-corrected chi connectivity index (χ0v) is 13.0. The van der Waals surface area contributed by atoms with E-state index >= 15 is 0 Å². The third-order valence-corrected chi connectivity index (χ3v) is 3.50. The molecule has 0 aliphatic carbocycles. The number of hydrogen-bond donors (Lipinski definition) is 1. The molecule has 0 saturated carbocycles. The van der Waals surface area contributed by atoms with Crippen molar-refractivity contribution in [3.63, 3.8) is 0 Å². The van der Waals surface area contributed by atoms with E-state index in [0.717, 1.165) is 22.3 Å². The summed E-state index contributed by atoms with van der Waals surface area (Å²) in [6.45, 7) is 0.539. The Balaban J connectivity index is 1.97. The molecule has 1 aromatic carbocycles. The number of rotatable bonds is 4. The lowest BCUT2D eigenvalue weighted by atomic mass is 10.1. The largest absolute Gasteiger partial charge is 0.364 e. The Morgan fingerprint density at radius 3 is 2.74 bits per heavy atom. The monoisotopic (exact) mass is 304 g/mol. The van der Waals surface area contributed by atoms with Crippen LogP contribution in [0, 0.1) is 11.3 Å². The second-order valence-corrected chi connectivity index (χ2v) is 5.27. The van der Waals surface area contributed by atoms with Gasteiger partial charge in [-0.25, -0.2) is 15.0 Å². The highest BCUT2D eigenvalue weighted by molar-refractivity contribution is 5.84. The van der Waals surface area contributed by atoms with Crippen LogP contribution in [-0.4, -0.2) is 29.0 Å². The molecule has 114 valence electrons. The fraction of sp³-hybridized carbons (Fsp3) is 0.176. The molecule has 2 aromatic heterocycles. The van der Waals surface area contributed by atoms with Crippen LogP contribution in [0.5, 0.6) is 0 Å². The van der Waals surface area contributed by atoms with Gasteiger partial charge in [0.2, 0.25) is 0 Å². The molecule has 0 amide bonds. The number of aromatic nitrogens is 3. The summed E-state index contributed by atoms with van der Waals surface area (Å²) in [5, 5.41) is 13.4.